The topological polar surface area (TPSA) is 96.2 Å². The lowest BCUT2D eigenvalue weighted by Crippen LogP contribution is -2.26. The van der Waals surface area contributed by atoms with Crippen LogP contribution in [0.15, 0.2) is 35.3 Å². The lowest BCUT2D eigenvalue weighted by Gasteiger charge is -2.13. The number of pyridine rings is 1. The molecule has 8 nitrogen and oxygen atoms in total. The molecular formula is C19H16N6O2S. The number of rotatable bonds is 2. The lowest BCUT2D eigenvalue weighted by atomic mass is 10.2. The molecule has 0 atom stereocenters. The number of fused-ring (bicyclic) bond motifs is 2. The van der Waals surface area contributed by atoms with Gasteiger partial charge in [0.1, 0.15) is 4.88 Å². The first-order chi connectivity index (χ1) is 13.5. The zero-order valence-corrected chi connectivity index (χ0v) is 16.1. The van der Waals surface area contributed by atoms with E-state index in [0.29, 0.717) is 28.3 Å². The zero-order chi connectivity index (χ0) is 19.4. The summed E-state index contributed by atoms with van der Waals surface area (Å²) in [6.07, 6.45) is 1.70. The first kappa shape index (κ1) is 16.8. The van der Waals surface area contributed by atoms with Gasteiger partial charge in [0.2, 0.25) is 0 Å². The van der Waals surface area contributed by atoms with Gasteiger partial charge in [0, 0.05) is 12.3 Å². The van der Waals surface area contributed by atoms with Crippen molar-refractivity contribution in [2.24, 2.45) is 0 Å². The third-order valence-corrected chi connectivity index (χ3v) is 5.87. The van der Waals surface area contributed by atoms with E-state index >= 15 is 0 Å². The number of hydrogen-bond donors (Lipinski definition) is 1. The smallest absolute Gasteiger partial charge is 0.278 e. The minimum Gasteiger partial charge on any atom is -0.327 e. The van der Waals surface area contributed by atoms with Crippen molar-refractivity contribution in [3.8, 4) is 11.4 Å². The Kier molecular flexibility index (Phi) is 3.66. The summed E-state index contributed by atoms with van der Waals surface area (Å²) in [7, 11) is 0. The quantitative estimate of drug-likeness (QED) is 0.565. The van der Waals surface area contributed by atoms with Gasteiger partial charge in [-0.25, -0.2) is 14.5 Å². The summed E-state index contributed by atoms with van der Waals surface area (Å²) in [5, 5.41) is 3.92. The highest BCUT2D eigenvalue weighted by Crippen LogP contribution is 2.26. The number of amides is 1. The molecule has 0 unspecified atom stereocenters. The Bertz CT molecular complexity index is 1290. The van der Waals surface area contributed by atoms with Crippen molar-refractivity contribution in [1.82, 2.24) is 29.5 Å². The third kappa shape index (κ3) is 2.55. The predicted molar refractivity (Wildman–Crippen MR) is 104 cm³/mol. The summed E-state index contributed by atoms with van der Waals surface area (Å²) < 4.78 is 1.42. The van der Waals surface area contributed by atoms with Crippen LogP contribution in [-0.2, 0) is 13.1 Å². The van der Waals surface area contributed by atoms with E-state index in [1.54, 1.807) is 17.2 Å². The van der Waals surface area contributed by atoms with Crippen molar-refractivity contribution in [1.29, 1.82) is 0 Å². The summed E-state index contributed by atoms with van der Waals surface area (Å²) in [6.45, 7) is 4.27. The number of nitrogens with one attached hydrogen (secondary N) is 1. The van der Waals surface area contributed by atoms with Crippen LogP contribution in [0, 0.1) is 13.8 Å². The first-order valence-electron chi connectivity index (χ1n) is 8.79. The van der Waals surface area contributed by atoms with E-state index in [-0.39, 0.29) is 18.0 Å². The zero-order valence-electron chi connectivity index (χ0n) is 15.3. The molecule has 5 heterocycles. The Balaban J connectivity index is 1.52. The van der Waals surface area contributed by atoms with E-state index in [0.717, 1.165) is 22.1 Å². The second-order valence-corrected chi connectivity index (χ2v) is 7.93. The molecule has 0 fully saturated rings. The highest BCUT2D eigenvalue weighted by molar-refractivity contribution is 7.13. The molecular weight excluding hydrogens is 376 g/mol. The van der Waals surface area contributed by atoms with Gasteiger partial charge >= 0.3 is 0 Å². The van der Waals surface area contributed by atoms with Crippen LogP contribution in [0.4, 0.5) is 0 Å². The summed E-state index contributed by atoms with van der Waals surface area (Å²) in [6, 6.07) is 7.38. The van der Waals surface area contributed by atoms with Gasteiger partial charge in [-0.1, -0.05) is 6.07 Å². The van der Waals surface area contributed by atoms with Crippen molar-refractivity contribution in [2.45, 2.75) is 26.9 Å². The van der Waals surface area contributed by atoms with Crippen molar-refractivity contribution in [2.75, 3.05) is 0 Å². The molecule has 140 valence electrons. The second-order valence-electron chi connectivity index (χ2n) is 6.73. The van der Waals surface area contributed by atoms with E-state index in [4.69, 9.17) is 0 Å². The largest absolute Gasteiger partial charge is 0.327 e. The van der Waals surface area contributed by atoms with Gasteiger partial charge in [-0.15, -0.1) is 11.3 Å². The molecule has 0 saturated heterocycles. The molecule has 4 aromatic rings. The number of aryl methyl sites for hydroxylation is 2. The van der Waals surface area contributed by atoms with E-state index in [1.165, 1.54) is 15.9 Å². The molecule has 1 aliphatic heterocycles. The summed E-state index contributed by atoms with van der Waals surface area (Å²) >= 11 is 1.38. The van der Waals surface area contributed by atoms with E-state index in [2.05, 4.69) is 20.1 Å². The molecule has 1 amide bonds. The normalized spacial score (nSPS) is 13.3. The van der Waals surface area contributed by atoms with Crippen LogP contribution in [0.5, 0.6) is 0 Å². The van der Waals surface area contributed by atoms with Gasteiger partial charge < -0.3 is 4.90 Å². The second kappa shape index (κ2) is 6.10. The Morgan fingerprint density at radius 3 is 2.79 bits per heavy atom. The number of hydrogen-bond acceptors (Lipinski definition) is 6. The maximum absolute atomic E-state index is 13.0. The molecule has 9 heteroatoms. The Morgan fingerprint density at radius 2 is 2.07 bits per heavy atom. The average Bonchev–Trinajstić information content (AvgIpc) is 3.39. The fourth-order valence-electron chi connectivity index (χ4n) is 3.49. The number of carbonyl (C=O) groups excluding carboxylic acids is 1. The standard InChI is InChI=1S/C19H16N6O2S/c1-10-17(28-11(2)21-10)19(27)24-8-12-15(9-24)22-16-7-14(23-25(16)18(12)26)13-5-3-4-6-20-13/h3-7,23H,8-9H2,1-2H3. The van der Waals surface area contributed by atoms with E-state index < -0.39 is 0 Å². The van der Waals surface area contributed by atoms with Crippen LogP contribution in [0.2, 0.25) is 0 Å². The summed E-state index contributed by atoms with van der Waals surface area (Å²) in [5.41, 5.74) is 3.69. The van der Waals surface area contributed by atoms with Gasteiger partial charge in [-0.3, -0.25) is 19.7 Å². The lowest BCUT2D eigenvalue weighted by molar-refractivity contribution is 0.0754. The molecule has 0 spiro atoms. The number of H-pyrrole nitrogens is 1. The van der Waals surface area contributed by atoms with Gasteiger partial charge in [-0.2, -0.15) is 0 Å². The Morgan fingerprint density at radius 1 is 1.21 bits per heavy atom. The maximum atomic E-state index is 13.0. The van der Waals surface area contributed by atoms with Crippen molar-refractivity contribution in [3.05, 3.63) is 67.7 Å². The highest BCUT2D eigenvalue weighted by atomic mass is 32.1. The van der Waals surface area contributed by atoms with Gasteiger partial charge in [0.25, 0.3) is 11.5 Å². The van der Waals surface area contributed by atoms with Crippen LogP contribution in [0.25, 0.3) is 17.0 Å². The van der Waals surface area contributed by atoms with Crippen LogP contribution in [0.1, 0.15) is 31.6 Å². The van der Waals surface area contributed by atoms with Crippen LogP contribution in [0.3, 0.4) is 0 Å². The molecule has 4 aromatic heterocycles. The minimum absolute atomic E-state index is 0.108. The number of nitrogens with zero attached hydrogens (tertiary/aromatic N) is 5. The molecule has 1 aliphatic rings. The maximum Gasteiger partial charge on any atom is 0.278 e. The summed E-state index contributed by atoms with van der Waals surface area (Å²) in [5.74, 6) is -0.108. The molecule has 1 N–H and O–H groups in total. The highest BCUT2D eigenvalue weighted by Gasteiger charge is 2.30. The SMILES string of the molecule is Cc1nc(C)c(C(=O)N2Cc3nc4cc(-c5ccccn5)[nH]n4c(=O)c3C2)s1. The molecule has 0 aromatic carbocycles. The summed E-state index contributed by atoms with van der Waals surface area (Å²) in [4.78, 5) is 41.3. The number of aromatic nitrogens is 5. The monoisotopic (exact) mass is 392 g/mol. The molecule has 0 saturated carbocycles. The molecule has 28 heavy (non-hydrogen) atoms. The Hall–Kier alpha value is -3.33. The van der Waals surface area contributed by atoms with E-state index in [9.17, 15) is 9.59 Å². The van der Waals surface area contributed by atoms with Crippen molar-refractivity contribution >= 4 is 22.9 Å². The molecule has 0 bridgehead atoms. The fourth-order valence-corrected chi connectivity index (χ4v) is 4.38. The van der Waals surface area contributed by atoms with Crippen LogP contribution >= 0.6 is 11.3 Å². The van der Waals surface area contributed by atoms with Crippen LogP contribution < -0.4 is 5.56 Å². The molecule has 5 rings (SSSR count). The number of thiazole rings is 1. The van der Waals surface area contributed by atoms with Gasteiger partial charge in [0.05, 0.1) is 46.4 Å². The number of carbonyl (C=O) groups is 1. The molecule has 0 aliphatic carbocycles. The Labute approximate surface area is 163 Å². The van der Waals surface area contributed by atoms with Crippen molar-refractivity contribution in [3.63, 3.8) is 0 Å². The minimum atomic E-state index is -0.185. The van der Waals surface area contributed by atoms with E-state index in [1.807, 2.05) is 32.0 Å². The third-order valence-electron chi connectivity index (χ3n) is 4.81. The van der Waals surface area contributed by atoms with Gasteiger partial charge in [0.15, 0.2) is 5.65 Å². The predicted octanol–water partition coefficient (Wildman–Crippen LogP) is 2.31. The van der Waals surface area contributed by atoms with Crippen molar-refractivity contribution < 1.29 is 4.79 Å². The van der Waals surface area contributed by atoms with Gasteiger partial charge in [-0.05, 0) is 26.0 Å². The average molecular weight is 392 g/mol. The number of aromatic amines is 1. The first-order valence-corrected chi connectivity index (χ1v) is 9.61. The molecule has 0 radical (unpaired) electrons. The fraction of sp³-hybridized carbons (Fsp3) is 0.211. The van der Waals surface area contributed by atoms with Crippen LogP contribution in [-0.4, -0.2) is 35.4 Å².